The van der Waals surface area contributed by atoms with Gasteiger partial charge in [0.05, 0.1) is 6.61 Å². The van der Waals surface area contributed by atoms with E-state index in [-0.39, 0.29) is 49.3 Å². The first-order valence-corrected chi connectivity index (χ1v) is 7.95. The fourth-order valence-electron chi connectivity index (χ4n) is 2.15. The molecule has 21 heavy (non-hydrogen) atoms. The topological polar surface area (TPSA) is 119 Å². The standard InChI is InChI=1S/C11H18N4O5S/c1-3-19-11(16)14-4-6-15(7-5-14)21(17,18)9-8(2)20-13-10(9)12/h3-7H2,1-2H3,(H2,12,13). The first-order chi connectivity index (χ1) is 9.87. The lowest BCUT2D eigenvalue weighted by atomic mass is 10.4. The molecular weight excluding hydrogens is 300 g/mol. The van der Waals surface area contributed by atoms with Gasteiger partial charge in [0.25, 0.3) is 0 Å². The number of carbonyl (C=O) groups is 1. The molecule has 2 heterocycles. The second kappa shape index (κ2) is 5.90. The van der Waals surface area contributed by atoms with Crippen molar-refractivity contribution in [3.05, 3.63) is 5.76 Å². The third-order valence-corrected chi connectivity index (χ3v) is 5.25. The summed E-state index contributed by atoms with van der Waals surface area (Å²) in [5.41, 5.74) is 5.55. The molecule has 0 bridgehead atoms. The van der Waals surface area contributed by atoms with Gasteiger partial charge in [-0.05, 0) is 13.8 Å². The smallest absolute Gasteiger partial charge is 0.409 e. The maximum absolute atomic E-state index is 12.5. The van der Waals surface area contributed by atoms with Crippen LogP contribution in [0.15, 0.2) is 9.42 Å². The number of ether oxygens (including phenoxy) is 1. The van der Waals surface area contributed by atoms with Crippen LogP contribution in [-0.2, 0) is 14.8 Å². The number of aromatic nitrogens is 1. The molecule has 0 spiro atoms. The highest BCUT2D eigenvalue weighted by Crippen LogP contribution is 2.26. The highest BCUT2D eigenvalue weighted by atomic mass is 32.2. The molecule has 2 N–H and O–H groups in total. The van der Waals surface area contributed by atoms with E-state index < -0.39 is 16.1 Å². The van der Waals surface area contributed by atoms with Gasteiger partial charge in [-0.1, -0.05) is 5.16 Å². The zero-order valence-electron chi connectivity index (χ0n) is 11.9. The Morgan fingerprint density at radius 1 is 1.38 bits per heavy atom. The normalized spacial score (nSPS) is 17.0. The van der Waals surface area contributed by atoms with Crippen LogP contribution in [-0.4, -0.2) is 61.7 Å². The Morgan fingerprint density at radius 3 is 2.48 bits per heavy atom. The van der Waals surface area contributed by atoms with Gasteiger partial charge in [0, 0.05) is 26.2 Å². The number of hydrogen-bond donors (Lipinski definition) is 1. The van der Waals surface area contributed by atoms with Crippen LogP contribution < -0.4 is 5.73 Å². The molecule has 2 rings (SSSR count). The van der Waals surface area contributed by atoms with Crippen LogP contribution in [0.4, 0.5) is 10.6 Å². The van der Waals surface area contributed by atoms with Gasteiger partial charge >= 0.3 is 6.09 Å². The average molecular weight is 318 g/mol. The van der Waals surface area contributed by atoms with Gasteiger partial charge in [-0.15, -0.1) is 0 Å². The number of nitrogens with two attached hydrogens (primary N) is 1. The zero-order chi connectivity index (χ0) is 15.6. The van der Waals surface area contributed by atoms with Crippen molar-refractivity contribution in [1.29, 1.82) is 0 Å². The van der Waals surface area contributed by atoms with Gasteiger partial charge in [-0.2, -0.15) is 4.31 Å². The summed E-state index contributed by atoms with van der Waals surface area (Å²) in [7, 11) is -3.77. The van der Waals surface area contributed by atoms with Crippen molar-refractivity contribution in [2.24, 2.45) is 0 Å². The van der Waals surface area contributed by atoms with Crippen molar-refractivity contribution in [2.75, 3.05) is 38.5 Å². The number of nitrogens with zero attached hydrogens (tertiary/aromatic N) is 3. The van der Waals surface area contributed by atoms with Crippen LogP contribution in [0.2, 0.25) is 0 Å². The molecule has 0 aliphatic carbocycles. The fraction of sp³-hybridized carbons (Fsp3) is 0.636. The average Bonchev–Trinajstić information content (AvgIpc) is 2.79. The number of aryl methyl sites for hydroxylation is 1. The summed E-state index contributed by atoms with van der Waals surface area (Å²) in [6.07, 6.45) is -0.435. The van der Waals surface area contributed by atoms with E-state index in [1.807, 2.05) is 0 Å². The Kier molecular flexibility index (Phi) is 4.37. The Hall–Kier alpha value is -1.81. The van der Waals surface area contributed by atoms with Crippen molar-refractivity contribution in [3.63, 3.8) is 0 Å². The number of hydrogen-bond acceptors (Lipinski definition) is 7. The van der Waals surface area contributed by atoms with E-state index in [9.17, 15) is 13.2 Å². The molecule has 0 aromatic carbocycles. The predicted octanol–water partition coefficient (Wildman–Crippen LogP) is 0.0280. The highest BCUT2D eigenvalue weighted by molar-refractivity contribution is 7.89. The van der Waals surface area contributed by atoms with E-state index in [2.05, 4.69) is 5.16 Å². The Balaban J connectivity index is 2.10. The summed E-state index contributed by atoms with van der Waals surface area (Å²) in [6.45, 7) is 4.37. The molecule has 0 atom stereocenters. The first kappa shape index (κ1) is 15.6. The summed E-state index contributed by atoms with van der Waals surface area (Å²) in [6, 6.07) is 0. The number of piperazine rings is 1. The Morgan fingerprint density at radius 2 is 2.00 bits per heavy atom. The summed E-state index contributed by atoms with van der Waals surface area (Å²) < 4.78 is 36.0. The molecule has 1 fully saturated rings. The third-order valence-electron chi connectivity index (χ3n) is 3.20. The minimum absolute atomic E-state index is 0.105. The molecule has 1 aromatic rings. The second-order valence-electron chi connectivity index (χ2n) is 4.54. The monoisotopic (exact) mass is 318 g/mol. The van der Waals surface area contributed by atoms with Gasteiger partial charge in [0.1, 0.15) is 0 Å². The molecule has 10 heteroatoms. The fourth-order valence-corrected chi connectivity index (χ4v) is 3.75. The lowest BCUT2D eigenvalue weighted by molar-refractivity contribution is 0.0934. The van der Waals surface area contributed by atoms with E-state index in [0.717, 1.165) is 0 Å². The van der Waals surface area contributed by atoms with Gasteiger partial charge in [-0.3, -0.25) is 0 Å². The first-order valence-electron chi connectivity index (χ1n) is 6.51. The number of nitrogen functional groups attached to an aromatic ring is 1. The van der Waals surface area contributed by atoms with E-state index in [1.54, 1.807) is 6.92 Å². The quantitative estimate of drug-likeness (QED) is 0.834. The molecule has 1 amide bonds. The third kappa shape index (κ3) is 2.95. The molecule has 0 unspecified atom stereocenters. The van der Waals surface area contributed by atoms with Crippen LogP contribution in [0.5, 0.6) is 0 Å². The van der Waals surface area contributed by atoms with Crippen molar-refractivity contribution in [1.82, 2.24) is 14.4 Å². The van der Waals surface area contributed by atoms with E-state index in [1.165, 1.54) is 16.1 Å². The van der Waals surface area contributed by atoms with E-state index in [0.29, 0.717) is 0 Å². The minimum atomic E-state index is -3.77. The molecule has 1 aliphatic heterocycles. The van der Waals surface area contributed by atoms with Crippen molar-refractivity contribution < 1.29 is 22.5 Å². The van der Waals surface area contributed by atoms with E-state index in [4.69, 9.17) is 15.0 Å². The van der Waals surface area contributed by atoms with Crippen molar-refractivity contribution >= 4 is 21.9 Å². The molecule has 0 radical (unpaired) electrons. The summed E-state index contributed by atoms with van der Waals surface area (Å²) >= 11 is 0. The largest absolute Gasteiger partial charge is 0.450 e. The molecule has 1 aliphatic rings. The van der Waals surface area contributed by atoms with Crippen molar-refractivity contribution in [3.8, 4) is 0 Å². The molecule has 9 nitrogen and oxygen atoms in total. The van der Waals surface area contributed by atoms with Crippen LogP contribution in [0.3, 0.4) is 0 Å². The van der Waals surface area contributed by atoms with Gasteiger partial charge in [0.2, 0.25) is 10.0 Å². The van der Waals surface area contributed by atoms with E-state index >= 15 is 0 Å². The number of anilines is 1. The van der Waals surface area contributed by atoms with Crippen molar-refractivity contribution in [2.45, 2.75) is 18.7 Å². The lowest BCUT2D eigenvalue weighted by Crippen LogP contribution is -2.50. The summed E-state index contributed by atoms with van der Waals surface area (Å²) in [5, 5.41) is 3.46. The van der Waals surface area contributed by atoms with Gasteiger partial charge in [-0.25, -0.2) is 13.2 Å². The Bertz CT molecular complexity index is 599. The van der Waals surface area contributed by atoms with Gasteiger partial charge in [0.15, 0.2) is 16.5 Å². The number of sulfonamides is 1. The summed E-state index contributed by atoms with van der Waals surface area (Å²) in [5.74, 6) is 0.000597. The predicted molar refractivity (Wildman–Crippen MR) is 73.0 cm³/mol. The Labute approximate surface area is 122 Å². The molecule has 118 valence electrons. The zero-order valence-corrected chi connectivity index (χ0v) is 12.7. The number of carbonyl (C=O) groups excluding carboxylic acids is 1. The number of rotatable bonds is 3. The lowest BCUT2D eigenvalue weighted by Gasteiger charge is -2.33. The molecule has 1 aromatic heterocycles. The second-order valence-corrected chi connectivity index (χ2v) is 6.42. The van der Waals surface area contributed by atoms with Crippen LogP contribution in [0.25, 0.3) is 0 Å². The maximum atomic E-state index is 12.5. The van der Waals surface area contributed by atoms with Crippen LogP contribution >= 0.6 is 0 Å². The maximum Gasteiger partial charge on any atom is 0.409 e. The van der Waals surface area contributed by atoms with Crippen LogP contribution in [0, 0.1) is 6.92 Å². The van der Waals surface area contributed by atoms with Gasteiger partial charge < -0.3 is 19.9 Å². The molecule has 0 saturated carbocycles. The number of amides is 1. The van der Waals surface area contributed by atoms with Crippen LogP contribution in [0.1, 0.15) is 12.7 Å². The molecule has 1 saturated heterocycles. The molecular formula is C11H18N4O5S. The summed E-state index contributed by atoms with van der Waals surface area (Å²) in [4.78, 5) is 12.9. The SMILES string of the molecule is CCOC(=O)N1CCN(S(=O)(=O)c2c(N)noc2C)CC1. The highest BCUT2D eigenvalue weighted by Gasteiger charge is 2.34. The minimum Gasteiger partial charge on any atom is -0.450 e.